The Morgan fingerprint density at radius 1 is 1.24 bits per heavy atom. The highest BCUT2D eigenvalue weighted by Crippen LogP contribution is 2.21. The van der Waals surface area contributed by atoms with E-state index in [1.54, 1.807) is 0 Å². The molecule has 3 heteroatoms. The van der Waals surface area contributed by atoms with Crippen LogP contribution in [0.4, 0.5) is 0 Å². The number of benzene rings is 1. The molecule has 0 aliphatic heterocycles. The molecule has 1 atom stereocenters. The Kier molecular flexibility index (Phi) is 5.62. The van der Waals surface area contributed by atoms with Crippen LogP contribution in [0.2, 0.25) is 0 Å². The van der Waals surface area contributed by atoms with Crippen molar-refractivity contribution < 1.29 is 10.2 Å². The maximum atomic E-state index is 10.1. The van der Waals surface area contributed by atoms with Crippen LogP contribution in [0.15, 0.2) is 18.2 Å². The Morgan fingerprint density at radius 3 is 2.53 bits per heavy atom. The standard InChI is InChI=1S/C14H23NO2/c1-11-4-5-13(12(2)10-11)14(17)6-7-15(3)8-9-16/h4-5,10,14,16-17H,6-9H2,1-3H3. The van der Waals surface area contributed by atoms with E-state index in [1.165, 1.54) is 5.56 Å². The molecule has 96 valence electrons. The van der Waals surface area contributed by atoms with E-state index in [0.29, 0.717) is 13.0 Å². The summed E-state index contributed by atoms with van der Waals surface area (Å²) in [6, 6.07) is 6.13. The van der Waals surface area contributed by atoms with Crippen molar-refractivity contribution >= 4 is 0 Å². The third kappa shape index (κ3) is 4.46. The first kappa shape index (κ1) is 14.2. The van der Waals surface area contributed by atoms with E-state index < -0.39 is 6.10 Å². The van der Waals surface area contributed by atoms with E-state index in [9.17, 15) is 5.11 Å². The van der Waals surface area contributed by atoms with E-state index in [-0.39, 0.29) is 6.61 Å². The van der Waals surface area contributed by atoms with Gasteiger partial charge in [0.1, 0.15) is 0 Å². The van der Waals surface area contributed by atoms with Gasteiger partial charge < -0.3 is 15.1 Å². The van der Waals surface area contributed by atoms with Crippen LogP contribution in [0.25, 0.3) is 0 Å². The molecule has 0 aromatic heterocycles. The fourth-order valence-electron chi connectivity index (χ4n) is 1.98. The zero-order valence-electron chi connectivity index (χ0n) is 11.0. The Balaban J connectivity index is 2.54. The summed E-state index contributed by atoms with van der Waals surface area (Å²) in [6.45, 7) is 5.69. The van der Waals surface area contributed by atoms with E-state index in [1.807, 2.05) is 31.0 Å². The Morgan fingerprint density at radius 2 is 1.94 bits per heavy atom. The largest absolute Gasteiger partial charge is 0.395 e. The molecule has 17 heavy (non-hydrogen) atoms. The van der Waals surface area contributed by atoms with Gasteiger partial charge in [0, 0.05) is 13.1 Å². The second kappa shape index (κ2) is 6.74. The minimum atomic E-state index is -0.420. The number of hydrogen-bond acceptors (Lipinski definition) is 3. The lowest BCUT2D eigenvalue weighted by Crippen LogP contribution is -2.24. The molecule has 2 N–H and O–H groups in total. The molecule has 0 aliphatic carbocycles. The summed E-state index contributed by atoms with van der Waals surface area (Å²) in [4.78, 5) is 2.02. The molecule has 0 fully saturated rings. The molecule has 3 nitrogen and oxygen atoms in total. The predicted octanol–water partition coefficient (Wildman–Crippen LogP) is 1.65. The molecule has 0 spiro atoms. The molecule has 1 unspecified atom stereocenters. The van der Waals surface area contributed by atoms with Crippen LogP contribution in [0.5, 0.6) is 0 Å². The van der Waals surface area contributed by atoms with Crippen molar-refractivity contribution in [3.05, 3.63) is 34.9 Å². The highest BCUT2D eigenvalue weighted by Gasteiger charge is 2.11. The highest BCUT2D eigenvalue weighted by atomic mass is 16.3. The normalized spacial score (nSPS) is 13.1. The van der Waals surface area contributed by atoms with Crippen LogP contribution in [0, 0.1) is 13.8 Å². The van der Waals surface area contributed by atoms with Crippen molar-refractivity contribution in [2.75, 3.05) is 26.7 Å². The van der Waals surface area contributed by atoms with Gasteiger partial charge in [-0.3, -0.25) is 0 Å². The van der Waals surface area contributed by atoms with Gasteiger partial charge in [-0.15, -0.1) is 0 Å². The van der Waals surface area contributed by atoms with Crippen LogP contribution >= 0.6 is 0 Å². The first-order chi connectivity index (χ1) is 8.04. The lowest BCUT2D eigenvalue weighted by molar-refractivity contribution is 0.140. The van der Waals surface area contributed by atoms with Crippen molar-refractivity contribution in [1.82, 2.24) is 4.90 Å². The Hall–Kier alpha value is -0.900. The van der Waals surface area contributed by atoms with Gasteiger partial charge in [0.15, 0.2) is 0 Å². The monoisotopic (exact) mass is 237 g/mol. The topological polar surface area (TPSA) is 43.7 Å². The number of aliphatic hydroxyl groups is 2. The number of aryl methyl sites for hydroxylation is 2. The lowest BCUT2D eigenvalue weighted by atomic mass is 9.99. The second-order valence-electron chi connectivity index (χ2n) is 4.69. The lowest BCUT2D eigenvalue weighted by Gasteiger charge is -2.19. The summed E-state index contributed by atoms with van der Waals surface area (Å²) < 4.78 is 0. The molecule has 0 saturated carbocycles. The number of aliphatic hydroxyl groups excluding tert-OH is 2. The van der Waals surface area contributed by atoms with Gasteiger partial charge in [-0.2, -0.15) is 0 Å². The van der Waals surface area contributed by atoms with E-state index in [2.05, 4.69) is 13.0 Å². The smallest absolute Gasteiger partial charge is 0.0804 e. The quantitative estimate of drug-likeness (QED) is 0.790. The fourth-order valence-corrected chi connectivity index (χ4v) is 1.98. The summed E-state index contributed by atoms with van der Waals surface area (Å²) in [5.41, 5.74) is 3.37. The van der Waals surface area contributed by atoms with Gasteiger partial charge >= 0.3 is 0 Å². The average Bonchev–Trinajstić information content (AvgIpc) is 2.26. The van der Waals surface area contributed by atoms with Gasteiger partial charge in [-0.05, 0) is 38.4 Å². The van der Waals surface area contributed by atoms with Crippen molar-refractivity contribution in [3.8, 4) is 0 Å². The van der Waals surface area contributed by atoms with Crippen molar-refractivity contribution in [3.63, 3.8) is 0 Å². The van der Waals surface area contributed by atoms with Crippen LogP contribution in [0.3, 0.4) is 0 Å². The maximum Gasteiger partial charge on any atom is 0.0804 e. The number of rotatable bonds is 6. The second-order valence-corrected chi connectivity index (χ2v) is 4.69. The van der Waals surface area contributed by atoms with Crippen LogP contribution in [0.1, 0.15) is 29.2 Å². The molecule has 0 bridgehead atoms. The third-order valence-corrected chi connectivity index (χ3v) is 3.05. The summed E-state index contributed by atoms with van der Waals surface area (Å²) >= 11 is 0. The first-order valence-corrected chi connectivity index (χ1v) is 6.09. The van der Waals surface area contributed by atoms with Gasteiger partial charge in [0.25, 0.3) is 0 Å². The van der Waals surface area contributed by atoms with Crippen molar-refractivity contribution in [2.24, 2.45) is 0 Å². The summed E-state index contributed by atoms with van der Waals surface area (Å²) in [5, 5.41) is 18.9. The van der Waals surface area contributed by atoms with Crippen molar-refractivity contribution in [2.45, 2.75) is 26.4 Å². The number of nitrogens with zero attached hydrogens (tertiary/aromatic N) is 1. The van der Waals surface area contributed by atoms with Crippen LogP contribution < -0.4 is 0 Å². The van der Waals surface area contributed by atoms with Gasteiger partial charge in [-0.25, -0.2) is 0 Å². The number of likely N-dealkylation sites (N-methyl/N-ethyl adjacent to an activating group) is 1. The van der Waals surface area contributed by atoms with Gasteiger partial charge in [0.05, 0.1) is 12.7 Å². The molecule has 0 amide bonds. The molecule has 1 aromatic carbocycles. The average molecular weight is 237 g/mol. The molecule has 0 aliphatic rings. The molecule has 0 saturated heterocycles. The molecule has 1 aromatic rings. The molecular formula is C14H23NO2. The van der Waals surface area contributed by atoms with E-state index in [4.69, 9.17) is 5.11 Å². The summed E-state index contributed by atoms with van der Waals surface area (Å²) in [5.74, 6) is 0. The third-order valence-electron chi connectivity index (χ3n) is 3.05. The zero-order valence-corrected chi connectivity index (χ0v) is 11.0. The highest BCUT2D eigenvalue weighted by molar-refractivity contribution is 5.31. The Bertz CT molecular complexity index is 352. The molecule has 0 heterocycles. The molecule has 1 rings (SSSR count). The maximum absolute atomic E-state index is 10.1. The molecular weight excluding hydrogens is 214 g/mol. The predicted molar refractivity (Wildman–Crippen MR) is 70.1 cm³/mol. The first-order valence-electron chi connectivity index (χ1n) is 6.09. The zero-order chi connectivity index (χ0) is 12.8. The van der Waals surface area contributed by atoms with Gasteiger partial charge in [0.2, 0.25) is 0 Å². The minimum absolute atomic E-state index is 0.163. The minimum Gasteiger partial charge on any atom is -0.395 e. The van der Waals surface area contributed by atoms with Gasteiger partial charge in [-0.1, -0.05) is 23.8 Å². The van der Waals surface area contributed by atoms with Crippen LogP contribution in [-0.2, 0) is 0 Å². The Labute approximate surface area is 104 Å². The van der Waals surface area contributed by atoms with Crippen LogP contribution in [-0.4, -0.2) is 41.9 Å². The summed E-state index contributed by atoms with van der Waals surface area (Å²) in [6.07, 6.45) is 0.275. The molecule has 0 radical (unpaired) electrons. The van der Waals surface area contributed by atoms with E-state index >= 15 is 0 Å². The van der Waals surface area contributed by atoms with E-state index in [0.717, 1.165) is 17.7 Å². The summed E-state index contributed by atoms with van der Waals surface area (Å²) in [7, 11) is 1.95. The van der Waals surface area contributed by atoms with Crippen molar-refractivity contribution in [1.29, 1.82) is 0 Å². The fraction of sp³-hybridized carbons (Fsp3) is 0.571. The SMILES string of the molecule is Cc1ccc(C(O)CCN(C)CCO)c(C)c1. The number of hydrogen-bond donors (Lipinski definition) is 2.